The van der Waals surface area contributed by atoms with Crippen LogP contribution in [0.25, 0.3) is 0 Å². The number of piperidine rings is 1. The molecular formula is C20H26N2O4. The number of carboxylic acid groups (broad SMARTS) is 1. The fourth-order valence-corrected chi connectivity index (χ4v) is 4.25. The number of amides is 2. The van der Waals surface area contributed by atoms with Crippen LogP contribution in [0.15, 0.2) is 24.3 Å². The van der Waals surface area contributed by atoms with Crippen molar-refractivity contribution in [2.24, 2.45) is 11.8 Å². The van der Waals surface area contributed by atoms with E-state index in [1.807, 2.05) is 31.2 Å². The summed E-state index contributed by atoms with van der Waals surface area (Å²) >= 11 is 0. The Balaban J connectivity index is 1.72. The fraction of sp³-hybridized carbons (Fsp3) is 0.550. The number of aryl methyl sites for hydroxylation is 1. The number of aliphatic carboxylic acids is 1. The monoisotopic (exact) mass is 358 g/mol. The van der Waals surface area contributed by atoms with E-state index in [1.165, 1.54) is 0 Å². The van der Waals surface area contributed by atoms with Crippen LogP contribution < -0.4 is 0 Å². The minimum atomic E-state index is -0.847. The Morgan fingerprint density at radius 1 is 1.04 bits per heavy atom. The molecule has 2 aliphatic heterocycles. The molecular weight excluding hydrogens is 332 g/mol. The third-order valence-electron chi connectivity index (χ3n) is 5.83. The van der Waals surface area contributed by atoms with Gasteiger partial charge in [0.15, 0.2) is 0 Å². The fourth-order valence-electron chi connectivity index (χ4n) is 4.25. The average Bonchev–Trinajstić information content (AvgIpc) is 3.07. The molecule has 1 aromatic rings. The van der Waals surface area contributed by atoms with Crippen LogP contribution in [0.1, 0.15) is 36.8 Å². The molecule has 0 spiro atoms. The Labute approximate surface area is 153 Å². The van der Waals surface area contributed by atoms with Gasteiger partial charge in [-0.25, -0.2) is 0 Å². The summed E-state index contributed by atoms with van der Waals surface area (Å²) in [4.78, 5) is 39.7. The Hall–Kier alpha value is -2.37. The van der Waals surface area contributed by atoms with Crippen LogP contribution in [0, 0.1) is 18.8 Å². The highest BCUT2D eigenvalue weighted by atomic mass is 16.4. The predicted octanol–water partition coefficient (Wildman–Crippen LogP) is 1.88. The number of carbonyl (C=O) groups is 3. The van der Waals surface area contributed by atoms with Gasteiger partial charge in [-0.1, -0.05) is 24.3 Å². The lowest BCUT2D eigenvalue weighted by atomic mass is 9.86. The van der Waals surface area contributed by atoms with Crippen LogP contribution in [0.4, 0.5) is 0 Å². The third kappa shape index (κ3) is 3.59. The van der Waals surface area contributed by atoms with E-state index >= 15 is 0 Å². The van der Waals surface area contributed by atoms with E-state index in [1.54, 1.807) is 16.7 Å². The minimum absolute atomic E-state index is 0.0375. The lowest BCUT2D eigenvalue weighted by molar-refractivity contribution is -0.143. The Bertz CT molecular complexity index is 710. The highest BCUT2D eigenvalue weighted by molar-refractivity contribution is 5.82. The molecule has 140 valence electrons. The molecule has 0 aromatic heterocycles. The molecule has 1 N–H and O–H groups in total. The van der Waals surface area contributed by atoms with Gasteiger partial charge < -0.3 is 14.9 Å². The van der Waals surface area contributed by atoms with Crippen molar-refractivity contribution in [1.82, 2.24) is 9.80 Å². The molecule has 0 aliphatic carbocycles. The van der Waals surface area contributed by atoms with Gasteiger partial charge in [0.2, 0.25) is 11.8 Å². The number of carboxylic acids is 1. The van der Waals surface area contributed by atoms with Crippen LogP contribution in [0.2, 0.25) is 0 Å². The molecule has 6 nitrogen and oxygen atoms in total. The molecule has 3 rings (SSSR count). The molecule has 2 amide bonds. The van der Waals surface area contributed by atoms with E-state index in [2.05, 4.69) is 0 Å². The quantitative estimate of drug-likeness (QED) is 0.895. The first kappa shape index (κ1) is 18.4. The predicted molar refractivity (Wildman–Crippen MR) is 96.6 cm³/mol. The number of hydrogen-bond acceptors (Lipinski definition) is 3. The van der Waals surface area contributed by atoms with Crippen molar-refractivity contribution in [2.45, 2.75) is 32.6 Å². The maximum absolute atomic E-state index is 12.9. The standard InChI is InChI=1S/C20H26N2O4/c1-13-5-3-4-6-16(13)17-11-22(12-18(17)20(25)26)19(24)15-7-9-21(10-8-15)14(2)23/h3-6,15,17-18H,7-12H2,1-2H3,(H,25,26). The van der Waals surface area contributed by atoms with Crippen molar-refractivity contribution in [1.29, 1.82) is 0 Å². The van der Waals surface area contributed by atoms with E-state index in [4.69, 9.17) is 0 Å². The number of benzene rings is 1. The topological polar surface area (TPSA) is 77.9 Å². The first-order chi connectivity index (χ1) is 12.4. The van der Waals surface area contributed by atoms with Crippen molar-refractivity contribution in [3.05, 3.63) is 35.4 Å². The number of nitrogens with zero attached hydrogens (tertiary/aromatic N) is 2. The van der Waals surface area contributed by atoms with Crippen LogP contribution in [0.5, 0.6) is 0 Å². The molecule has 0 saturated carbocycles. The third-order valence-corrected chi connectivity index (χ3v) is 5.83. The van der Waals surface area contributed by atoms with Gasteiger partial charge in [0.1, 0.15) is 0 Å². The first-order valence-corrected chi connectivity index (χ1v) is 9.21. The molecule has 2 saturated heterocycles. The zero-order chi connectivity index (χ0) is 18.8. The summed E-state index contributed by atoms with van der Waals surface area (Å²) in [5.74, 6) is -1.62. The molecule has 6 heteroatoms. The second-order valence-electron chi connectivity index (χ2n) is 7.43. The summed E-state index contributed by atoms with van der Waals surface area (Å²) in [7, 11) is 0. The molecule has 2 atom stereocenters. The molecule has 0 bridgehead atoms. The maximum Gasteiger partial charge on any atom is 0.308 e. The summed E-state index contributed by atoms with van der Waals surface area (Å²) in [6.07, 6.45) is 1.31. The number of likely N-dealkylation sites (tertiary alicyclic amines) is 2. The summed E-state index contributed by atoms with van der Waals surface area (Å²) in [5.41, 5.74) is 2.08. The smallest absolute Gasteiger partial charge is 0.308 e. The summed E-state index contributed by atoms with van der Waals surface area (Å²) in [5, 5.41) is 9.66. The van der Waals surface area contributed by atoms with Crippen molar-refractivity contribution in [3.63, 3.8) is 0 Å². The van der Waals surface area contributed by atoms with Gasteiger partial charge in [-0.15, -0.1) is 0 Å². The average molecular weight is 358 g/mol. The minimum Gasteiger partial charge on any atom is -0.481 e. The Morgan fingerprint density at radius 3 is 2.27 bits per heavy atom. The Morgan fingerprint density at radius 2 is 1.69 bits per heavy atom. The highest BCUT2D eigenvalue weighted by Gasteiger charge is 2.42. The number of rotatable bonds is 3. The molecule has 1 aromatic carbocycles. The van der Waals surface area contributed by atoms with Gasteiger partial charge in [0.05, 0.1) is 5.92 Å². The van der Waals surface area contributed by atoms with Crippen LogP contribution in [-0.2, 0) is 14.4 Å². The molecule has 2 heterocycles. The van der Waals surface area contributed by atoms with Crippen LogP contribution in [-0.4, -0.2) is 58.9 Å². The number of carbonyl (C=O) groups excluding carboxylic acids is 2. The zero-order valence-corrected chi connectivity index (χ0v) is 15.4. The first-order valence-electron chi connectivity index (χ1n) is 9.21. The SMILES string of the molecule is CC(=O)N1CCC(C(=O)N2CC(C(=O)O)C(c3ccccc3C)C2)CC1. The largest absolute Gasteiger partial charge is 0.481 e. The van der Waals surface area contributed by atoms with Crippen LogP contribution >= 0.6 is 0 Å². The van der Waals surface area contributed by atoms with Crippen molar-refractivity contribution < 1.29 is 19.5 Å². The summed E-state index contributed by atoms with van der Waals surface area (Å²) in [6.45, 7) is 5.45. The normalized spacial score (nSPS) is 23.9. The Kier molecular flexibility index (Phi) is 5.30. The van der Waals surface area contributed by atoms with Crippen molar-refractivity contribution >= 4 is 17.8 Å². The molecule has 0 radical (unpaired) electrons. The van der Waals surface area contributed by atoms with E-state index in [0.717, 1.165) is 11.1 Å². The van der Waals surface area contributed by atoms with E-state index < -0.39 is 11.9 Å². The van der Waals surface area contributed by atoms with E-state index in [0.29, 0.717) is 32.5 Å². The van der Waals surface area contributed by atoms with Gasteiger partial charge in [0.25, 0.3) is 0 Å². The van der Waals surface area contributed by atoms with Gasteiger partial charge in [-0.3, -0.25) is 14.4 Å². The maximum atomic E-state index is 12.9. The molecule has 2 fully saturated rings. The summed E-state index contributed by atoms with van der Waals surface area (Å²) < 4.78 is 0. The molecule has 2 unspecified atom stereocenters. The zero-order valence-electron chi connectivity index (χ0n) is 15.4. The van der Waals surface area contributed by atoms with Gasteiger partial charge in [-0.2, -0.15) is 0 Å². The van der Waals surface area contributed by atoms with Gasteiger partial charge in [0, 0.05) is 44.9 Å². The number of hydrogen-bond donors (Lipinski definition) is 1. The van der Waals surface area contributed by atoms with Gasteiger partial charge >= 0.3 is 5.97 Å². The van der Waals surface area contributed by atoms with E-state index in [-0.39, 0.29) is 30.2 Å². The summed E-state index contributed by atoms with van der Waals surface area (Å²) in [6, 6.07) is 7.81. The van der Waals surface area contributed by atoms with Gasteiger partial charge in [-0.05, 0) is 30.9 Å². The molecule has 26 heavy (non-hydrogen) atoms. The lowest BCUT2D eigenvalue weighted by Crippen LogP contribution is -2.43. The highest BCUT2D eigenvalue weighted by Crippen LogP contribution is 2.36. The lowest BCUT2D eigenvalue weighted by Gasteiger charge is -2.32. The molecule has 2 aliphatic rings. The van der Waals surface area contributed by atoms with Crippen molar-refractivity contribution in [2.75, 3.05) is 26.2 Å². The second kappa shape index (κ2) is 7.48. The second-order valence-corrected chi connectivity index (χ2v) is 7.43. The van der Waals surface area contributed by atoms with E-state index in [9.17, 15) is 19.5 Å². The van der Waals surface area contributed by atoms with Crippen LogP contribution in [0.3, 0.4) is 0 Å². The van der Waals surface area contributed by atoms with Crippen molar-refractivity contribution in [3.8, 4) is 0 Å².